The molecule has 0 bridgehead atoms. The van der Waals surface area contributed by atoms with Gasteiger partial charge < -0.3 is 19.5 Å². The average molecular weight is 458 g/mol. The van der Waals surface area contributed by atoms with Crippen LogP contribution >= 0.6 is 0 Å². The van der Waals surface area contributed by atoms with Gasteiger partial charge in [0, 0.05) is 51.4 Å². The minimum absolute atomic E-state index is 0.132. The zero-order valence-electron chi connectivity index (χ0n) is 20.5. The topological polar surface area (TPSA) is 98.5 Å². The molecule has 0 saturated heterocycles. The number of hydrogen-bond acceptors (Lipinski definition) is 5. The van der Waals surface area contributed by atoms with Gasteiger partial charge in [0.1, 0.15) is 17.0 Å². The highest BCUT2D eigenvalue weighted by molar-refractivity contribution is 5.98. The molecule has 2 amide bonds. The molecule has 1 aliphatic rings. The van der Waals surface area contributed by atoms with E-state index in [2.05, 4.69) is 24.3 Å². The molecule has 0 unspecified atom stereocenters. The van der Waals surface area contributed by atoms with Crippen molar-refractivity contribution in [3.05, 3.63) is 45.1 Å². The number of nitrogens with zero attached hydrogens (tertiary/aromatic N) is 4. The molecule has 3 heterocycles. The maximum absolute atomic E-state index is 13.3. The summed E-state index contributed by atoms with van der Waals surface area (Å²) in [6, 6.07) is 3.18. The van der Waals surface area contributed by atoms with Gasteiger partial charge in [-0.15, -0.1) is 0 Å². The minimum atomic E-state index is -0.260. The molecule has 1 N–H and O–H groups in total. The molecule has 0 atom stereocenters. The maximum Gasteiger partial charge on any atom is 0.272 e. The lowest BCUT2D eigenvalue weighted by Gasteiger charge is -2.19. The van der Waals surface area contributed by atoms with Crippen LogP contribution in [-0.4, -0.2) is 57.8 Å². The van der Waals surface area contributed by atoms with Gasteiger partial charge in [0.2, 0.25) is 0 Å². The number of carbonyl (C=O) groups excluding carboxylic acids is 2. The van der Waals surface area contributed by atoms with E-state index < -0.39 is 0 Å². The van der Waals surface area contributed by atoms with Crippen LogP contribution in [0.5, 0.6) is 5.75 Å². The summed E-state index contributed by atoms with van der Waals surface area (Å²) in [7, 11) is 3.22. The summed E-state index contributed by atoms with van der Waals surface area (Å²) in [6.07, 6.45) is 1.23. The molecule has 180 valence electrons. The predicted octanol–water partition coefficient (Wildman–Crippen LogP) is 2.19. The molecular weight excluding hydrogens is 422 g/mol. The third-order valence-corrected chi connectivity index (χ3v) is 6.04. The second kappa shape index (κ2) is 10.2. The molecule has 0 aliphatic carbocycles. The van der Waals surface area contributed by atoms with Gasteiger partial charge in [-0.05, 0) is 24.3 Å². The Kier molecular flexibility index (Phi) is 7.61. The van der Waals surface area contributed by atoms with Crippen LogP contribution in [0.15, 0.2) is 16.9 Å². The Labute approximate surface area is 194 Å². The van der Waals surface area contributed by atoms with Gasteiger partial charge in [0.15, 0.2) is 0 Å². The van der Waals surface area contributed by atoms with Crippen LogP contribution in [0, 0.1) is 5.92 Å². The monoisotopic (exact) mass is 457 g/mol. The van der Waals surface area contributed by atoms with Gasteiger partial charge >= 0.3 is 0 Å². The molecule has 2 aromatic heterocycles. The summed E-state index contributed by atoms with van der Waals surface area (Å²) in [5, 5.41) is 7.40. The lowest BCUT2D eigenvalue weighted by Crippen LogP contribution is -2.35. The molecule has 3 rings (SSSR count). The van der Waals surface area contributed by atoms with Crippen molar-refractivity contribution >= 4 is 11.8 Å². The van der Waals surface area contributed by atoms with Crippen LogP contribution in [0.2, 0.25) is 0 Å². The highest BCUT2D eigenvalue weighted by Crippen LogP contribution is 2.24. The maximum atomic E-state index is 13.3. The fraction of sp³-hybridized carbons (Fsp3) is 0.583. The van der Waals surface area contributed by atoms with Gasteiger partial charge in [0.25, 0.3) is 17.4 Å². The normalized spacial score (nSPS) is 13.8. The van der Waals surface area contributed by atoms with Crippen molar-refractivity contribution in [3.8, 4) is 5.75 Å². The highest BCUT2D eigenvalue weighted by atomic mass is 16.5. The number of fused-ring (bicyclic) bond motifs is 1. The molecular formula is C24H35N5O4. The Morgan fingerprint density at radius 3 is 2.48 bits per heavy atom. The SMILES string of the molecule is COc1cc(=O)n2c(c1C(=O)NCCC(C)C)CCN(C(=O)c1cc(C(C)C)nn1C)CC2. The number of ether oxygens (including phenoxy) is 1. The van der Waals surface area contributed by atoms with Crippen molar-refractivity contribution in [3.63, 3.8) is 0 Å². The van der Waals surface area contributed by atoms with Gasteiger partial charge in [-0.2, -0.15) is 5.10 Å². The zero-order chi connectivity index (χ0) is 24.3. The lowest BCUT2D eigenvalue weighted by molar-refractivity contribution is 0.0748. The van der Waals surface area contributed by atoms with Crippen LogP contribution in [0.3, 0.4) is 0 Å². The van der Waals surface area contributed by atoms with Crippen molar-refractivity contribution in [2.45, 2.75) is 53.0 Å². The van der Waals surface area contributed by atoms with E-state index in [0.29, 0.717) is 55.5 Å². The quantitative estimate of drug-likeness (QED) is 0.687. The summed E-state index contributed by atoms with van der Waals surface area (Å²) in [5.74, 6) is 0.553. The van der Waals surface area contributed by atoms with E-state index >= 15 is 0 Å². The van der Waals surface area contributed by atoms with Crippen LogP contribution in [0.4, 0.5) is 0 Å². The van der Waals surface area contributed by atoms with E-state index in [1.54, 1.807) is 21.2 Å². The number of nitrogens with one attached hydrogen (secondary N) is 1. The summed E-state index contributed by atoms with van der Waals surface area (Å²) >= 11 is 0. The smallest absolute Gasteiger partial charge is 0.272 e. The van der Waals surface area contributed by atoms with E-state index in [1.807, 2.05) is 19.9 Å². The van der Waals surface area contributed by atoms with Crippen molar-refractivity contribution < 1.29 is 14.3 Å². The Morgan fingerprint density at radius 2 is 1.88 bits per heavy atom. The number of aryl methyl sites for hydroxylation is 1. The first-order valence-corrected chi connectivity index (χ1v) is 11.6. The second-order valence-corrected chi connectivity index (χ2v) is 9.24. The Bertz CT molecular complexity index is 1080. The first kappa shape index (κ1) is 24.5. The standard InChI is InChI=1S/C24H35N5O4/c1-15(2)7-9-25-23(31)22-18-8-10-28(11-12-29(18)21(30)14-20(22)33-6)24(32)19-13-17(16(3)4)26-27(19)5/h13-16H,7-12H2,1-6H3,(H,25,31). The van der Waals surface area contributed by atoms with E-state index in [-0.39, 0.29) is 29.0 Å². The van der Waals surface area contributed by atoms with E-state index in [1.165, 1.54) is 13.2 Å². The van der Waals surface area contributed by atoms with E-state index in [4.69, 9.17) is 4.74 Å². The first-order valence-electron chi connectivity index (χ1n) is 11.6. The fourth-order valence-corrected chi connectivity index (χ4v) is 4.05. The molecule has 1 aliphatic heterocycles. The van der Waals surface area contributed by atoms with Crippen molar-refractivity contribution in [2.24, 2.45) is 13.0 Å². The summed E-state index contributed by atoms with van der Waals surface area (Å²) in [6.45, 7) is 9.87. The molecule has 0 spiro atoms. The van der Waals surface area contributed by atoms with Gasteiger partial charge in [-0.3, -0.25) is 19.1 Å². The molecule has 33 heavy (non-hydrogen) atoms. The van der Waals surface area contributed by atoms with Gasteiger partial charge in [-0.1, -0.05) is 27.7 Å². The Balaban J connectivity index is 1.88. The molecule has 0 saturated carbocycles. The number of rotatable bonds is 7. The number of methoxy groups -OCH3 is 1. The number of amides is 2. The van der Waals surface area contributed by atoms with E-state index in [9.17, 15) is 14.4 Å². The third-order valence-electron chi connectivity index (χ3n) is 6.04. The van der Waals surface area contributed by atoms with E-state index in [0.717, 1.165) is 12.1 Å². The number of pyridine rings is 1. The molecule has 0 aromatic carbocycles. The number of hydrogen-bond donors (Lipinski definition) is 1. The third kappa shape index (κ3) is 5.29. The minimum Gasteiger partial charge on any atom is -0.496 e. The van der Waals surface area contributed by atoms with Gasteiger partial charge in [0.05, 0.1) is 12.8 Å². The van der Waals surface area contributed by atoms with Crippen molar-refractivity contribution in [2.75, 3.05) is 26.7 Å². The number of aromatic nitrogens is 3. The summed E-state index contributed by atoms with van der Waals surface area (Å²) in [5.41, 5.74) is 2.11. The van der Waals surface area contributed by atoms with Gasteiger partial charge in [-0.25, -0.2) is 0 Å². The first-order chi connectivity index (χ1) is 15.6. The van der Waals surface area contributed by atoms with Crippen LogP contribution in [0.1, 0.15) is 72.3 Å². The number of carbonyl (C=O) groups is 2. The summed E-state index contributed by atoms with van der Waals surface area (Å²) in [4.78, 5) is 40.8. The molecule has 9 nitrogen and oxygen atoms in total. The van der Waals surface area contributed by atoms with Crippen molar-refractivity contribution in [1.29, 1.82) is 0 Å². The fourth-order valence-electron chi connectivity index (χ4n) is 4.05. The molecule has 9 heteroatoms. The predicted molar refractivity (Wildman–Crippen MR) is 126 cm³/mol. The molecule has 2 aromatic rings. The van der Waals surface area contributed by atoms with Crippen molar-refractivity contribution in [1.82, 2.24) is 24.6 Å². The average Bonchev–Trinajstić information content (AvgIpc) is 3.01. The molecule has 0 fully saturated rings. The summed E-state index contributed by atoms with van der Waals surface area (Å²) < 4.78 is 8.60. The lowest BCUT2D eigenvalue weighted by atomic mass is 10.1. The van der Waals surface area contributed by atoms with Crippen LogP contribution in [-0.2, 0) is 20.0 Å². The van der Waals surface area contributed by atoms with Crippen LogP contribution in [0.25, 0.3) is 0 Å². The Morgan fingerprint density at radius 1 is 1.15 bits per heavy atom. The molecule has 0 radical (unpaired) electrons. The largest absolute Gasteiger partial charge is 0.496 e. The van der Waals surface area contributed by atoms with Crippen LogP contribution < -0.4 is 15.6 Å². The Hall–Kier alpha value is -3.10. The zero-order valence-corrected chi connectivity index (χ0v) is 20.5. The second-order valence-electron chi connectivity index (χ2n) is 9.24. The highest BCUT2D eigenvalue weighted by Gasteiger charge is 2.28.